The van der Waals surface area contributed by atoms with Crippen molar-refractivity contribution < 1.29 is 39.5 Å². The van der Waals surface area contributed by atoms with Gasteiger partial charge in [0, 0.05) is 49.1 Å². The standard InChI is InChI=1S/C26H20N2.C6H8O4.Pd/c1-17-9-13-20(14-10-17)27-25-22-7-3-5-19-6-4-8-23(24(19)22)26(25)28-21-15-11-18(2)12-16-21;1-9-5(7)3-4-6(8)10-2;/h3-16H,1-2H3;3-4H,1-2H3;/b;4-3+;. The van der Waals surface area contributed by atoms with Gasteiger partial charge in [-0.05, 0) is 43.5 Å². The summed E-state index contributed by atoms with van der Waals surface area (Å²) in [7, 11) is 2.45. The van der Waals surface area contributed by atoms with Crippen LogP contribution in [0.1, 0.15) is 22.3 Å². The van der Waals surface area contributed by atoms with Crippen molar-refractivity contribution in [2.45, 2.75) is 13.8 Å². The van der Waals surface area contributed by atoms with Gasteiger partial charge in [-0.2, -0.15) is 0 Å². The number of ether oxygens (including phenoxy) is 2. The van der Waals surface area contributed by atoms with E-state index >= 15 is 0 Å². The van der Waals surface area contributed by atoms with Crippen LogP contribution in [0.25, 0.3) is 10.8 Å². The number of esters is 2. The van der Waals surface area contributed by atoms with Gasteiger partial charge in [-0.15, -0.1) is 0 Å². The third-order valence-electron chi connectivity index (χ3n) is 5.95. The first-order valence-electron chi connectivity index (χ1n) is 12.1. The Labute approximate surface area is 241 Å². The normalized spacial score (nSPS) is 13.6. The van der Waals surface area contributed by atoms with E-state index in [0.717, 1.165) is 46.1 Å². The molecule has 6 nitrogen and oxygen atoms in total. The first kappa shape index (κ1) is 29.4. The molecule has 0 saturated carbocycles. The zero-order valence-electron chi connectivity index (χ0n) is 22.1. The molecule has 0 unspecified atom stereocenters. The van der Waals surface area contributed by atoms with Crippen LogP contribution in [-0.4, -0.2) is 37.6 Å². The van der Waals surface area contributed by atoms with E-state index in [1.165, 1.54) is 36.1 Å². The van der Waals surface area contributed by atoms with E-state index < -0.39 is 11.9 Å². The van der Waals surface area contributed by atoms with Gasteiger partial charge in [0.2, 0.25) is 0 Å². The third kappa shape index (κ3) is 7.23. The molecule has 0 N–H and O–H groups in total. The fraction of sp³-hybridized carbons (Fsp3) is 0.125. The SMILES string of the molecule is COC(=O)/C=C/C(=O)OC.Cc1ccc(N=C2C(=Nc3ccc(C)cc3)c3cccc4cccc2c34)cc1.[Pd]. The Kier molecular flexibility index (Phi) is 10.2. The topological polar surface area (TPSA) is 77.3 Å². The molecule has 0 atom stereocenters. The molecule has 0 radical (unpaired) electrons. The van der Waals surface area contributed by atoms with Gasteiger partial charge in [-0.25, -0.2) is 19.6 Å². The molecule has 0 fully saturated rings. The number of nitrogens with zero attached hydrogens (tertiary/aromatic N) is 2. The van der Waals surface area contributed by atoms with Crippen molar-refractivity contribution in [3.05, 3.63) is 119 Å². The molecule has 200 valence electrons. The van der Waals surface area contributed by atoms with E-state index in [-0.39, 0.29) is 20.4 Å². The zero-order chi connectivity index (χ0) is 27.1. The summed E-state index contributed by atoms with van der Waals surface area (Å²) in [5.74, 6) is -1.16. The Balaban J connectivity index is 0.000000330. The minimum atomic E-state index is -0.578. The molecule has 0 bridgehead atoms. The van der Waals surface area contributed by atoms with Crippen LogP contribution in [0.4, 0.5) is 11.4 Å². The number of hydrogen-bond acceptors (Lipinski definition) is 6. The quantitative estimate of drug-likeness (QED) is 0.148. The summed E-state index contributed by atoms with van der Waals surface area (Å²) in [6.07, 6.45) is 1.98. The van der Waals surface area contributed by atoms with Gasteiger partial charge in [0.25, 0.3) is 0 Å². The van der Waals surface area contributed by atoms with Gasteiger partial charge in [0.05, 0.1) is 37.0 Å². The maximum atomic E-state index is 10.3. The van der Waals surface area contributed by atoms with Crippen molar-refractivity contribution in [3.63, 3.8) is 0 Å². The fourth-order valence-electron chi connectivity index (χ4n) is 3.99. The Hall–Kier alpha value is -4.18. The van der Waals surface area contributed by atoms with E-state index in [9.17, 15) is 9.59 Å². The van der Waals surface area contributed by atoms with Gasteiger partial charge >= 0.3 is 11.9 Å². The third-order valence-corrected chi connectivity index (χ3v) is 5.95. The molecule has 0 spiro atoms. The van der Waals surface area contributed by atoms with E-state index in [4.69, 9.17) is 9.98 Å². The first-order chi connectivity index (χ1) is 18.4. The molecule has 0 amide bonds. The van der Waals surface area contributed by atoms with Crippen LogP contribution in [0.5, 0.6) is 0 Å². The van der Waals surface area contributed by atoms with Crippen molar-refractivity contribution >= 4 is 45.5 Å². The summed E-state index contributed by atoms with van der Waals surface area (Å²) in [6, 6.07) is 29.4. The molecule has 4 aromatic rings. The average molecular weight is 611 g/mol. The molecule has 0 aromatic heterocycles. The van der Waals surface area contributed by atoms with Gasteiger partial charge in [-0.3, -0.25) is 0 Å². The number of hydrogen-bond donors (Lipinski definition) is 0. The van der Waals surface area contributed by atoms with Crippen LogP contribution in [0.15, 0.2) is 107 Å². The van der Waals surface area contributed by atoms with Crippen molar-refractivity contribution in [1.29, 1.82) is 0 Å². The zero-order valence-corrected chi connectivity index (χ0v) is 23.6. The predicted octanol–water partition coefficient (Wildman–Crippen LogP) is 6.60. The van der Waals surface area contributed by atoms with Crippen LogP contribution in [-0.2, 0) is 39.5 Å². The molecule has 1 aliphatic rings. The second-order valence-corrected chi connectivity index (χ2v) is 8.68. The molecule has 7 heteroatoms. The average Bonchev–Trinajstić information content (AvgIpc) is 3.23. The molecular formula is C32H28N2O4Pd. The maximum Gasteiger partial charge on any atom is 0.330 e. The van der Waals surface area contributed by atoms with Gasteiger partial charge in [0.15, 0.2) is 0 Å². The van der Waals surface area contributed by atoms with Gasteiger partial charge in [-0.1, -0.05) is 71.8 Å². The van der Waals surface area contributed by atoms with Crippen molar-refractivity contribution in [2.75, 3.05) is 14.2 Å². The Morgan fingerprint density at radius 2 is 1.00 bits per heavy atom. The van der Waals surface area contributed by atoms with E-state index in [0.29, 0.717) is 0 Å². The summed E-state index contributed by atoms with van der Waals surface area (Å²) < 4.78 is 8.42. The van der Waals surface area contributed by atoms with Gasteiger partial charge < -0.3 is 9.47 Å². The number of aliphatic imine (C=N–C) groups is 2. The number of carbonyl (C=O) groups excluding carboxylic acids is 2. The maximum absolute atomic E-state index is 10.3. The Bertz CT molecular complexity index is 1460. The van der Waals surface area contributed by atoms with E-state index in [1.54, 1.807) is 0 Å². The van der Waals surface area contributed by atoms with Crippen molar-refractivity contribution in [3.8, 4) is 0 Å². The summed E-state index contributed by atoms with van der Waals surface area (Å²) in [5, 5.41) is 2.46. The molecule has 4 aromatic carbocycles. The van der Waals surface area contributed by atoms with Crippen LogP contribution in [0.2, 0.25) is 0 Å². The number of benzene rings is 4. The first-order valence-corrected chi connectivity index (χ1v) is 12.1. The van der Waals surface area contributed by atoms with Crippen molar-refractivity contribution in [1.82, 2.24) is 0 Å². The smallest absolute Gasteiger partial charge is 0.330 e. The number of rotatable bonds is 4. The molecule has 0 heterocycles. The summed E-state index contributed by atoms with van der Waals surface area (Å²) in [5.41, 5.74) is 8.54. The van der Waals surface area contributed by atoms with E-state index in [2.05, 4.69) is 108 Å². The Morgan fingerprint density at radius 1 is 0.615 bits per heavy atom. The largest absolute Gasteiger partial charge is 0.466 e. The van der Waals surface area contributed by atoms with Crippen molar-refractivity contribution in [2.24, 2.45) is 9.98 Å². The number of carbonyl (C=O) groups is 2. The minimum Gasteiger partial charge on any atom is -0.466 e. The number of methoxy groups -OCH3 is 2. The summed E-state index contributed by atoms with van der Waals surface area (Å²) >= 11 is 0. The molecule has 39 heavy (non-hydrogen) atoms. The molecule has 0 saturated heterocycles. The second-order valence-electron chi connectivity index (χ2n) is 8.68. The van der Waals surface area contributed by atoms with Crippen LogP contribution in [0, 0.1) is 13.8 Å². The minimum absolute atomic E-state index is 0. The number of aryl methyl sites for hydroxylation is 2. The second kappa shape index (κ2) is 13.6. The molecule has 5 rings (SSSR count). The molecular weight excluding hydrogens is 583 g/mol. The summed E-state index contributed by atoms with van der Waals surface area (Å²) in [4.78, 5) is 30.7. The van der Waals surface area contributed by atoms with Crippen LogP contribution >= 0.6 is 0 Å². The van der Waals surface area contributed by atoms with Crippen LogP contribution < -0.4 is 0 Å². The van der Waals surface area contributed by atoms with Crippen LogP contribution in [0.3, 0.4) is 0 Å². The molecule has 1 aliphatic carbocycles. The fourth-order valence-corrected chi connectivity index (χ4v) is 3.99. The molecule has 0 aliphatic heterocycles. The predicted molar refractivity (Wildman–Crippen MR) is 152 cm³/mol. The monoisotopic (exact) mass is 610 g/mol. The Morgan fingerprint density at radius 3 is 1.36 bits per heavy atom. The van der Waals surface area contributed by atoms with Gasteiger partial charge in [0.1, 0.15) is 0 Å². The van der Waals surface area contributed by atoms with E-state index in [1.807, 2.05) is 0 Å². The summed E-state index contributed by atoms with van der Waals surface area (Å²) in [6.45, 7) is 4.18.